The van der Waals surface area contributed by atoms with Gasteiger partial charge in [-0.3, -0.25) is 4.90 Å². The van der Waals surface area contributed by atoms with E-state index in [0.29, 0.717) is 12.2 Å². The Balaban J connectivity index is 2.43. The molecule has 0 aromatic heterocycles. The number of benzene rings is 1. The second kappa shape index (κ2) is 5.32. The molecule has 1 heterocycles. The van der Waals surface area contributed by atoms with Crippen molar-refractivity contribution in [3.63, 3.8) is 0 Å². The van der Waals surface area contributed by atoms with Crippen molar-refractivity contribution in [1.29, 1.82) is 0 Å². The maximum Gasteiger partial charge on any atom is 0.416 e. The Bertz CT molecular complexity index is 619. The van der Waals surface area contributed by atoms with Crippen LogP contribution < -0.4 is 10.2 Å². The van der Waals surface area contributed by atoms with E-state index >= 15 is 0 Å². The van der Waals surface area contributed by atoms with E-state index in [0.717, 1.165) is 12.1 Å². The minimum absolute atomic E-state index is 0.266. The van der Waals surface area contributed by atoms with Crippen LogP contribution in [0.4, 0.5) is 29.3 Å². The van der Waals surface area contributed by atoms with Crippen LogP contribution in [0.2, 0.25) is 0 Å². The normalized spacial score (nSPS) is 17.3. The Hall–Kier alpha value is -1.92. The van der Waals surface area contributed by atoms with Gasteiger partial charge in [-0.15, -0.1) is 0 Å². The van der Waals surface area contributed by atoms with Crippen molar-refractivity contribution in [2.24, 2.45) is 0 Å². The number of ether oxygens (including phenoxy) is 1. The molecule has 1 aliphatic rings. The SMILES string of the molecule is CC1(C)CN(C(=O)OC(C)(C)C)c2ccc(C(F)(F)F)cc2N1. The van der Waals surface area contributed by atoms with Crippen molar-refractivity contribution in [3.8, 4) is 0 Å². The summed E-state index contributed by atoms with van der Waals surface area (Å²) >= 11 is 0. The highest BCUT2D eigenvalue weighted by atomic mass is 19.4. The van der Waals surface area contributed by atoms with Gasteiger partial charge in [0.15, 0.2) is 0 Å². The van der Waals surface area contributed by atoms with E-state index in [9.17, 15) is 18.0 Å². The number of alkyl halides is 3. The molecule has 0 saturated heterocycles. The van der Waals surface area contributed by atoms with Crippen LogP contribution in [0.3, 0.4) is 0 Å². The molecular formula is C16H21F3N2O2. The minimum Gasteiger partial charge on any atom is -0.443 e. The fourth-order valence-corrected chi connectivity index (χ4v) is 2.41. The van der Waals surface area contributed by atoms with E-state index in [4.69, 9.17) is 4.74 Å². The number of hydrogen-bond donors (Lipinski definition) is 1. The van der Waals surface area contributed by atoms with Gasteiger partial charge in [-0.1, -0.05) is 0 Å². The van der Waals surface area contributed by atoms with Gasteiger partial charge in [0.05, 0.1) is 23.5 Å². The zero-order valence-electron chi connectivity index (χ0n) is 13.8. The molecule has 0 aliphatic carbocycles. The molecule has 1 aliphatic heterocycles. The number of amides is 1. The quantitative estimate of drug-likeness (QED) is 0.753. The Morgan fingerprint density at radius 3 is 2.39 bits per heavy atom. The Labute approximate surface area is 133 Å². The summed E-state index contributed by atoms with van der Waals surface area (Å²) in [5.74, 6) is 0. The third-order valence-electron chi connectivity index (χ3n) is 3.26. The average Bonchev–Trinajstić information content (AvgIpc) is 2.32. The molecule has 0 unspecified atom stereocenters. The zero-order chi connectivity index (χ0) is 17.6. The molecule has 0 radical (unpaired) electrons. The van der Waals surface area contributed by atoms with Crippen molar-refractivity contribution in [2.75, 3.05) is 16.8 Å². The van der Waals surface area contributed by atoms with Crippen molar-refractivity contribution in [2.45, 2.75) is 51.9 Å². The molecule has 0 atom stereocenters. The number of carbonyl (C=O) groups excluding carboxylic acids is 1. The summed E-state index contributed by atoms with van der Waals surface area (Å²) in [5.41, 5.74) is -1.37. The maximum absolute atomic E-state index is 12.9. The first-order chi connectivity index (χ1) is 10.3. The molecule has 0 fully saturated rings. The molecular weight excluding hydrogens is 309 g/mol. The summed E-state index contributed by atoms with van der Waals surface area (Å²) < 4.78 is 44.0. The Morgan fingerprint density at radius 2 is 1.87 bits per heavy atom. The summed E-state index contributed by atoms with van der Waals surface area (Å²) in [6, 6.07) is 3.29. The van der Waals surface area contributed by atoms with E-state index in [-0.39, 0.29) is 5.69 Å². The van der Waals surface area contributed by atoms with Crippen molar-refractivity contribution in [3.05, 3.63) is 23.8 Å². The monoisotopic (exact) mass is 330 g/mol. The van der Waals surface area contributed by atoms with E-state index in [1.54, 1.807) is 20.8 Å². The molecule has 0 bridgehead atoms. The lowest BCUT2D eigenvalue weighted by Crippen LogP contribution is -2.52. The van der Waals surface area contributed by atoms with Gasteiger partial charge < -0.3 is 10.1 Å². The zero-order valence-corrected chi connectivity index (χ0v) is 13.8. The van der Waals surface area contributed by atoms with Crippen LogP contribution in [0.1, 0.15) is 40.2 Å². The van der Waals surface area contributed by atoms with Gasteiger partial charge in [0.2, 0.25) is 0 Å². The number of nitrogens with one attached hydrogen (secondary N) is 1. The van der Waals surface area contributed by atoms with E-state index in [2.05, 4.69) is 5.32 Å². The molecule has 1 N–H and O–H groups in total. The van der Waals surface area contributed by atoms with Gasteiger partial charge in [-0.2, -0.15) is 13.2 Å². The topological polar surface area (TPSA) is 41.6 Å². The number of carbonyl (C=O) groups is 1. The predicted molar refractivity (Wildman–Crippen MR) is 82.7 cm³/mol. The minimum atomic E-state index is -4.44. The molecule has 23 heavy (non-hydrogen) atoms. The average molecular weight is 330 g/mol. The van der Waals surface area contributed by atoms with Crippen LogP contribution in [0.5, 0.6) is 0 Å². The third-order valence-corrected chi connectivity index (χ3v) is 3.26. The smallest absolute Gasteiger partial charge is 0.416 e. The van der Waals surface area contributed by atoms with Crippen LogP contribution in [0.15, 0.2) is 18.2 Å². The second-order valence-corrected chi connectivity index (χ2v) is 7.31. The number of fused-ring (bicyclic) bond motifs is 1. The summed E-state index contributed by atoms with van der Waals surface area (Å²) in [7, 11) is 0. The molecule has 1 amide bonds. The number of rotatable bonds is 0. The lowest BCUT2D eigenvalue weighted by molar-refractivity contribution is -0.137. The van der Waals surface area contributed by atoms with Crippen LogP contribution >= 0.6 is 0 Å². The highest BCUT2D eigenvalue weighted by Gasteiger charge is 2.37. The van der Waals surface area contributed by atoms with Crippen LogP contribution in [0.25, 0.3) is 0 Å². The molecule has 4 nitrogen and oxygen atoms in total. The first kappa shape index (κ1) is 17.4. The molecule has 0 spiro atoms. The number of anilines is 2. The van der Waals surface area contributed by atoms with E-state index in [1.165, 1.54) is 11.0 Å². The van der Waals surface area contributed by atoms with Gasteiger partial charge in [0, 0.05) is 5.54 Å². The van der Waals surface area contributed by atoms with Crippen molar-refractivity contribution < 1.29 is 22.7 Å². The van der Waals surface area contributed by atoms with E-state index < -0.39 is 29.0 Å². The second-order valence-electron chi connectivity index (χ2n) is 7.31. The Morgan fingerprint density at radius 1 is 1.26 bits per heavy atom. The summed E-state index contributed by atoms with van der Waals surface area (Å²) in [4.78, 5) is 13.8. The molecule has 7 heteroatoms. The lowest BCUT2D eigenvalue weighted by atomic mass is 9.98. The largest absolute Gasteiger partial charge is 0.443 e. The highest BCUT2D eigenvalue weighted by Crippen LogP contribution is 2.39. The first-order valence-electron chi connectivity index (χ1n) is 7.28. The summed E-state index contributed by atoms with van der Waals surface area (Å²) in [6.45, 7) is 9.14. The summed E-state index contributed by atoms with van der Waals surface area (Å²) in [6.07, 6.45) is -5.01. The van der Waals surface area contributed by atoms with Gasteiger partial charge in [0.25, 0.3) is 0 Å². The van der Waals surface area contributed by atoms with Gasteiger partial charge >= 0.3 is 12.3 Å². The van der Waals surface area contributed by atoms with Crippen molar-refractivity contribution in [1.82, 2.24) is 0 Å². The van der Waals surface area contributed by atoms with Crippen molar-refractivity contribution >= 4 is 17.5 Å². The fraction of sp³-hybridized carbons (Fsp3) is 0.562. The van der Waals surface area contributed by atoms with Gasteiger partial charge in [-0.25, -0.2) is 4.79 Å². The van der Waals surface area contributed by atoms with Gasteiger partial charge in [0.1, 0.15) is 5.60 Å². The number of hydrogen-bond acceptors (Lipinski definition) is 3. The van der Waals surface area contributed by atoms with Crippen LogP contribution in [-0.2, 0) is 10.9 Å². The molecule has 1 aromatic rings. The van der Waals surface area contributed by atoms with Crippen LogP contribution in [0, 0.1) is 0 Å². The predicted octanol–water partition coefficient (Wildman–Crippen LogP) is 4.65. The van der Waals surface area contributed by atoms with Gasteiger partial charge in [-0.05, 0) is 52.8 Å². The lowest BCUT2D eigenvalue weighted by Gasteiger charge is -2.41. The molecule has 2 rings (SSSR count). The summed E-state index contributed by atoms with van der Waals surface area (Å²) in [5, 5.41) is 3.05. The molecule has 0 saturated carbocycles. The third kappa shape index (κ3) is 4.09. The first-order valence-corrected chi connectivity index (χ1v) is 7.28. The highest BCUT2D eigenvalue weighted by molar-refractivity contribution is 5.94. The Kier molecular flexibility index (Phi) is 4.03. The maximum atomic E-state index is 12.9. The standard InChI is InChI=1S/C16H21F3N2O2/c1-14(2,3)23-13(22)21-9-15(4,5)20-11-8-10(16(17,18)19)6-7-12(11)21/h6-8,20H,9H2,1-5H3. The van der Waals surface area contributed by atoms with E-state index in [1.807, 2.05) is 13.8 Å². The van der Waals surface area contributed by atoms with Crippen LogP contribution in [-0.4, -0.2) is 23.8 Å². The molecule has 1 aromatic carbocycles. The number of halogens is 3. The number of nitrogens with zero attached hydrogens (tertiary/aromatic N) is 1. The molecule has 128 valence electrons. The fourth-order valence-electron chi connectivity index (χ4n) is 2.41.